The minimum absolute atomic E-state index is 0.417. The number of carbonyl (C=O) groups is 1. The molecule has 0 amide bonds. The SMILES string of the molecule is CC/C=[N+](\C)C(C)C(=O)O. The van der Waals surface area contributed by atoms with Crippen molar-refractivity contribution >= 4 is 12.2 Å². The topological polar surface area (TPSA) is 40.3 Å². The third-order valence-electron chi connectivity index (χ3n) is 1.44. The Morgan fingerprint density at radius 1 is 1.80 bits per heavy atom. The van der Waals surface area contributed by atoms with Crippen molar-refractivity contribution in [2.24, 2.45) is 0 Å². The molecule has 0 saturated carbocycles. The third kappa shape index (κ3) is 2.62. The van der Waals surface area contributed by atoms with Gasteiger partial charge in [0.1, 0.15) is 13.3 Å². The van der Waals surface area contributed by atoms with E-state index in [9.17, 15) is 4.79 Å². The Morgan fingerprint density at radius 3 is 2.60 bits per heavy atom. The van der Waals surface area contributed by atoms with Gasteiger partial charge in [0.25, 0.3) is 0 Å². The molecular weight excluding hydrogens is 130 g/mol. The Kier molecular flexibility index (Phi) is 3.69. The zero-order valence-corrected chi connectivity index (χ0v) is 6.66. The van der Waals surface area contributed by atoms with Gasteiger partial charge in [-0.2, -0.15) is 0 Å². The number of aliphatic carboxylic acids is 1. The number of carboxylic acids is 1. The first-order chi connectivity index (χ1) is 4.59. The highest BCUT2D eigenvalue weighted by Gasteiger charge is 2.17. The Morgan fingerprint density at radius 2 is 2.30 bits per heavy atom. The van der Waals surface area contributed by atoms with Crippen LogP contribution in [-0.4, -0.2) is 35.0 Å². The molecule has 1 N–H and O–H groups in total. The molecule has 0 aliphatic heterocycles. The van der Waals surface area contributed by atoms with Gasteiger partial charge in [-0.1, -0.05) is 6.92 Å². The molecule has 1 atom stereocenters. The lowest BCUT2D eigenvalue weighted by atomic mass is 10.3. The number of hydrogen-bond donors (Lipinski definition) is 1. The van der Waals surface area contributed by atoms with Crippen molar-refractivity contribution in [3.63, 3.8) is 0 Å². The number of rotatable bonds is 3. The maximum absolute atomic E-state index is 10.4. The predicted octanol–water partition coefficient (Wildman–Crippen LogP) is 0.583. The quantitative estimate of drug-likeness (QED) is 0.465. The molecule has 0 saturated heterocycles. The summed E-state index contributed by atoms with van der Waals surface area (Å²) in [4.78, 5) is 10.4. The standard InChI is InChI=1S/C7H13NO2/c1-4-5-8(3)6(2)7(9)10/h5-6H,4H2,1-3H3/p+1/b8-5+. The maximum Gasteiger partial charge on any atom is 0.372 e. The highest BCUT2D eigenvalue weighted by atomic mass is 16.4. The molecule has 0 radical (unpaired) electrons. The molecule has 0 fully saturated rings. The van der Waals surface area contributed by atoms with Crippen molar-refractivity contribution in [1.82, 2.24) is 0 Å². The molecule has 58 valence electrons. The molecule has 0 aromatic rings. The van der Waals surface area contributed by atoms with Gasteiger partial charge in [0.15, 0.2) is 0 Å². The zero-order chi connectivity index (χ0) is 8.15. The van der Waals surface area contributed by atoms with Crippen LogP contribution < -0.4 is 0 Å². The van der Waals surface area contributed by atoms with E-state index in [1.807, 2.05) is 13.1 Å². The first-order valence-corrected chi connectivity index (χ1v) is 3.37. The molecule has 0 aromatic carbocycles. The second-order valence-corrected chi connectivity index (χ2v) is 2.27. The average molecular weight is 144 g/mol. The van der Waals surface area contributed by atoms with Gasteiger partial charge in [0.05, 0.1) is 0 Å². The maximum atomic E-state index is 10.4. The van der Waals surface area contributed by atoms with Crippen molar-refractivity contribution in [2.75, 3.05) is 7.05 Å². The third-order valence-corrected chi connectivity index (χ3v) is 1.44. The van der Waals surface area contributed by atoms with Crippen LogP contribution in [0.2, 0.25) is 0 Å². The van der Waals surface area contributed by atoms with Gasteiger partial charge in [0.2, 0.25) is 6.04 Å². The van der Waals surface area contributed by atoms with E-state index < -0.39 is 12.0 Å². The second-order valence-electron chi connectivity index (χ2n) is 2.27. The van der Waals surface area contributed by atoms with Crippen LogP contribution in [0.25, 0.3) is 0 Å². The normalized spacial score (nSPS) is 14.9. The van der Waals surface area contributed by atoms with Crippen LogP contribution in [0, 0.1) is 0 Å². The molecule has 0 aromatic heterocycles. The minimum atomic E-state index is -0.785. The minimum Gasteiger partial charge on any atom is -0.476 e. The first-order valence-electron chi connectivity index (χ1n) is 3.37. The fraction of sp³-hybridized carbons (Fsp3) is 0.714. The van der Waals surface area contributed by atoms with Crippen molar-refractivity contribution < 1.29 is 14.5 Å². The summed E-state index contributed by atoms with van der Waals surface area (Å²) < 4.78 is 1.70. The van der Waals surface area contributed by atoms with Gasteiger partial charge < -0.3 is 5.11 Å². The van der Waals surface area contributed by atoms with E-state index in [0.29, 0.717) is 0 Å². The molecule has 0 rings (SSSR count). The van der Waals surface area contributed by atoms with Crippen LogP contribution in [-0.2, 0) is 4.79 Å². The van der Waals surface area contributed by atoms with E-state index in [4.69, 9.17) is 5.11 Å². The number of hydrogen-bond acceptors (Lipinski definition) is 1. The van der Waals surface area contributed by atoms with Crippen molar-refractivity contribution in [3.8, 4) is 0 Å². The zero-order valence-electron chi connectivity index (χ0n) is 6.66. The van der Waals surface area contributed by atoms with Gasteiger partial charge in [0, 0.05) is 13.3 Å². The Hall–Kier alpha value is -0.860. The highest BCUT2D eigenvalue weighted by Crippen LogP contribution is 1.86. The second kappa shape index (κ2) is 4.04. The van der Waals surface area contributed by atoms with E-state index in [-0.39, 0.29) is 0 Å². The number of likely N-dealkylation sites (N-methyl/N-ethyl adjacent to an activating group) is 1. The summed E-state index contributed by atoms with van der Waals surface area (Å²) in [5.74, 6) is -0.785. The van der Waals surface area contributed by atoms with E-state index in [2.05, 4.69) is 0 Å². The molecule has 0 bridgehead atoms. The number of nitrogens with zero attached hydrogens (tertiary/aromatic N) is 1. The predicted molar refractivity (Wildman–Crippen MR) is 39.6 cm³/mol. The lowest BCUT2D eigenvalue weighted by Crippen LogP contribution is -2.28. The fourth-order valence-electron chi connectivity index (χ4n) is 0.620. The molecule has 0 aliphatic carbocycles. The number of carboxylic acid groups (broad SMARTS) is 1. The van der Waals surface area contributed by atoms with Crippen molar-refractivity contribution in [2.45, 2.75) is 26.3 Å². The lowest BCUT2D eigenvalue weighted by molar-refractivity contribution is -0.518. The van der Waals surface area contributed by atoms with E-state index in [1.165, 1.54) is 0 Å². The Labute approximate surface area is 61.0 Å². The van der Waals surface area contributed by atoms with Gasteiger partial charge >= 0.3 is 5.97 Å². The van der Waals surface area contributed by atoms with Gasteiger partial charge in [-0.3, -0.25) is 0 Å². The monoisotopic (exact) mass is 144 g/mol. The van der Waals surface area contributed by atoms with Crippen LogP contribution in [0.15, 0.2) is 0 Å². The summed E-state index contributed by atoms with van der Waals surface area (Å²) in [5, 5.41) is 8.52. The molecule has 3 heteroatoms. The molecular formula is C7H14NO2+. The molecule has 3 nitrogen and oxygen atoms in total. The largest absolute Gasteiger partial charge is 0.476 e. The van der Waals surface area contributed by atoms with E-state index in [0.717, 1.165) is 6.42 Å². The summed E-state index contributed by atoms with van der Waals surface area (Å²) in [5.41, 5.74) is 0. The summed E-state index contributed by atoms with van der Waals surface area (Å²) in [6, 6.07) is -0.417. The van der Waals surface area contributed by atoms with Crippen LogP contribution in [0.3, 0.4) is 0 Å². The highest BCUT2D eigenvalue weighted by molar-refractivity contribution is 5.72. The van der Waals surface area contributed by atoms with Crippen LogP contribution in [0.4, 0.5) is 0 Å². The first kappa shape index (κ1) is 9.14. The van der Waals surface area contributed by atoms with Crippen LogP contribution in [0.5, 0.6) is 0 Å². The van der Waals surface area contributed by atoms with Crippen LogP contribution >= 0.6 is 0 Å². The molecule has 10 heavy (non-hydrogen) atoms. The van der Waals surface area contributed by atoms with Crippen molar-refractivity contribution in [1.29, 1.82) is 0 Å². The smallest absolute Gasteiger partial charge is 0.372 e. The molecule has 0 spiro atoms. The van der Waals surface area contributed by atoms with E-state index >= 15 is 0 Å². The summed E-state index contributed by atoms with van der Waals surface area (Å²) in [6.45, 7) is 3.64. The molecule has 0 heterocycles. The Bertz CT molecular complexity index is 152. The van der Waals surface area contributed by atoms with Crippen molar-refractivity contribution in [3.05, 3.63) is 0 Å². The van der Waals surface area contributed by atoms with Gasteiger partial charge in [-0.25, -0.2) is 9.37 Å². The average Bonchev–Trinajstić information content (AvgIpc) is 1.87. The molecule has 0 aliphatic rings. The fourth-order valence-corrected chi connectivity index (χ4v) is 0.620. The summed E-state index contributed by atoms with van der Waals surface area (Å²) in [7, 11) is 1.77. The van der Waals surface area contributed by atoms with Crippen LogP contribution in [0.1, 0.15) is 20.3 Å². The summed E-state index contributed by atoms with van der Waals surface area (Å²) in [6.07, 6.45) is 2.73. The lowest BCUT2D eigenvalue weighted by Gasteiger charge is -2.00. The van der Waals surface area contributed by atoms with E-state index in [1.54, 1.807) is 18.5 Å². The summed E-state index contributed by atoms with van der Waals surface area (Å²) >= 11 is 0. The molecule has 1 unspecified atom stereocenters. The Balaban J connectivity index is 4.06. The van der Waals surface area contributed by atoms with Gasteiger partial charge in [-0.05, 0) is 0 Å². The van der Waals surface area contributed by atoms with Gasteiger partial charge in [-0.15, -0.1) is 0 Å².